The van der Waals surface area contributed by atoms with Crippen molar-refractivity contribution >= 4 is 22.9 Å². The van der Waals surface area contributed by atoms with Crippen LogP contribution in [0.15, 0.2) is 48.5 Å². The first-order chi connectivity index (χ1) is 14.4. The van der Waals surface area contributed by atoms with Crippen molar-refractivity contribution in [2.24, 2.45) is 0 Å². The lowest BCUT2D eigenvalue weighted by Crippen LogP contribution is -2.40. The summed E-state index contributed by atoms with van der Waals surface area (Å²) < 4.78 is 16.2. The average Bonchev–Trinajstić information content (AvgIpc) is 3.11. The standard InChI is InChI=1S/C25H28FN3O/c1-17(2)28-13-5-8-22(16-28)29-24-12-11-21(26)15-23(24)27-25(29)20-7-4-6-19(14-20)10-9-18(3)30/h4,6-7,9-12,14-15,17,22H,5,8,13,16H2,1-3H3/b10-9+. The van der Waals surface area contributed by atoms with Gasteiger partial charge in [0.2, 0.25) is 0 Å². The van der Waals surface area contributed by atoms with Gasteiger partial charge in [0.15, 0.2) is 5.78 Å². The molecule has 0 amide bonds. The maximum atomic E-state index is 13.9. The Morgan fingerprint density at radius 2 is 2.07 bits per heavy atom. The minimum atomic E-state index is -0.274. The smallest absolute Gasteiger partial charge is 0.152 e. The van der Waals surface area contributed by atoms with Crippen molar-refractivity contribution in [2.45, 2.75) is 45.7 Å². The van der Waals surface area contributed by atoms with E-state index in [1.807, 2.05) is 36.4 Å². The molecular formula is C25H28FN3O. The molecule has 1 saturated heterocycles. The molecule has 0 radical (unpaired) electrons. The number of aromatic nitrogens is 2. The van der Waals surface area contributed by atoms with Crippen LogP contribution >= 0.6 is 0 Å². The molecule has 0 spiro atoms. The maximum Gasteiger partial charge on any atom is 0.152 e. The molecule has 1 aliphatic rings. The van der Waals surface area contributed by atoms with Crippen molar-refractivity contribution in [3.63, 3.8) is 0 Å². The lowest BCUT2D eigenvalue weighted by molar-refractivity contribution is -0.112. The van der Waals surface area contributed by atoms with Gasteiger partial charge in [0.05, 0.1) is 11.0 Å². The molecule has 1 fully saturated rings. The fraction of sp³-hybridized carbons (Fsp3) is 0.360. The number of likely N-dealkylation sites (tertiary alicyclic amines) is 1. The summed E-state index contributed by atoms with van der Waals surface area (Å²) in [5.41, 5.74) is 3.56. The number of hydrogen-bond donors (Lipinski definition) is 0. The number of nitrogens with zero attached hydrogens (tertiary/aromatic N) is 3. The van der Waals surface area contributed by atoms with Crippen LogP contribution in [0.3, 0.4) is 0 Å². The number of ketones is 1. The molecule has 4 nitrogen and oxygen atoms in total. The van der Waals surface area contributed by atoms with Crippen LogP contribution in [-0.4, -0.2) is 39.4 Å². The summed E-state index contributed by atoms with van der Waals surface area (Å²) >= 11 is 0. The van der Waals surface area contributed by atoms with E-state index in [0.29, 0.717) is 11.6 Å². The number of rotatable bonds is 5. The van der Waals surface area contributed by atoms with E-state index in [1.54, 1.807) is 6.08 Å². The third-order valence-corrected chi connectivity index (χ3v) is 5.83. The number of piperidine rings is 1. The third-order valence-electron chi connectivity index (χ3n) is 5.83. The number of halogens is 1. The minimum Gasteiger partial charge on any atom is -0.320 e. The van der Waals surface area contributed by atoms with Gasteiger partial charge in [-0.25, -0.2) is 9.37 Å². The van der Waals surface area contributed by atoms with Crippen LogP contribution in [0.2, 0.25) is 0 Å². The number of imidazole rings is 1. The number of benzene rings is 2. The molecular weight excluding hydrogens is 377 g/mol. The zero-order chi connectivity index (χ0) is 21.3. The van der Waals surface area contributed by atoms with Crippen LogP contribution in [0.25, 0.3) is 28.5 Å². The molecule has 0 N–H and O–H groups in total. The first-order valence-electron chi connectivity index (χ1n) is 10.6. The molecule has 1 aromatic heterocycles. The third kappa shape index (κ3) is 4.21. The van der Waals surface area contributed by atoms with Gasteiger partial charge in [0.25, 0.3) is 0 Å². The largest absolute Gasteiger partial charge is 0.320 e. The van der Waals surface area contributed by atoms with Gasteiger partial charge in [-0.3, -0.25) is 9.69 Å². The zero-order valence-corrected chi connectivity index (χ0v) is 17.8. The second kappa shape index (κ2) is 8.52. The quantitative estimate of drug-likeness (QED) is 0.527. The van der Waals surface area contributed by atoms with Gasteiger partial charge >= 0.3 is 0 Å². The number of allylic oxidation sites excluding steroid dienone is 1. The van der Waals surface area contributed by atoms with E-state index in [9.17, 15) is 9.18 Å². The van der Waals surface area contributed by atoms with Crippen molar-refractivity contribution in [2.75, 3.05) is 13.1 Å². The summed E-state index contributed by atoms with van der Waals surface area (Å²) in [7, 11) is 0. The summed E-state index contributed by atoms with van der Waals surface area (Å²) in [5, 5.41) is 0. The van der Waals surface area contributed by atoms with E-state index in [4.69, 9.17) is 4.98 Å². The van der Waals surface area contributed by atoms with E-state index in [0.717, 1.165) is 48.4 Å². The van der Waals surface area contributed by atoms with Gasteiger partial charge in [0, 0.05) is 30.3 Å². The van der Waals surface area contributed by atoms with E-state index in [1.165, 1.54) is 19.1 Å². The summed E-state index contributed by atoms with van der Waals surface area (Å²) in [5.74, 6) is 0.590. The van der Waals surface area contributed by atoms with E-state index >= 15 is 0 Å². The van der Waals surface area contributed by atoms with Gasteiger partial charge in [0.1, 0.15) is 11.6 Å². The SMILES string of the molecule is CC(=O)/C=C/c1cccc(-c2nc3cc(F)ccc3n2C2CCCN(C(C)C)C2)c1. The molecule has 1 aliphatic heterocycles. The lowest BCUT2D eigenvalue weighted by atomic mass is 10.0. The Labute approximate surface area is 177 Å². The topological polar surface area (TPSA) is 38.1 Å². The molecule has 4 rings (SSSR count). The summed E-state index contributed by atoms with van der Waals surface area (Å²) in [6.45, 7) is 8.07. The molecule has 1 unspecified atom stereocenters. The highest BCUT2D eigenvalue weighted by atomic mass is 19.1. The molecule has 30 heavy (non-hydrogen) atoms. The van der Waals surface area contributed by atoms with Gasteiger partial charge < -0.3 is 4.57 Å². The fourth-order valence-electron chi connectivity index (χ4n) is 4.30. The Balaban J connectivity index is 1.83. The molecule has 0 saturated carbocycles. The Kier molecular flexibility index (Phi) is 5.82. The van der Waals surface area contributed by atoms with Crippen molar-refractivity contribution in [1.29, 1.82) is 0 Å². The second-order valence-corrected chi connectivity index (χ2v) is 8.39. The molecule has 0 bridgehead atoms. The van der Waals surface area contributed by atoms with E-state index in [-0.39, 0.29) is 17.6 Å². The average molecular weight is 406 g/mol. The lowest BCUT2D eigenvalue weighted by Gasteiger charge is -2.36. The van der Waals surface area contributed by atoms with Crippen LogP contribution in [0.5, 0.6) is 0 Å². The molecule has 1 atom stereocenters. The van der Waals surface area contributed by atoms with Gasteiger partial charge in [-0.2, -0.15) is 0 Å². The van der Waals surface area contributed by atoms with Crippen LogP contribution in [0.1, 0.15) is 45.2 Å². The molecule has 3 aromatic rings. The summed E-state index contributed by atoms with van der Waals surface area (Å²) in [6, 6.07) is 13.6. The number of carbonyl (C=O) groups excluding carboxylic acids is 1. The first-order valence-corrected chi connectivity index (χ1v) is 10.6. The predicted octanol–water partition coefficient (Wildman–Crippen LogP) is 5.49. The van der Waals surface area contributed by atoms with Crippen LogP contribution in [0, 0.1) is 5.82 Å². The predicted molar refractivity (Wildman–Crippen MR) is 120 cm³/mol. The van der Waals surface area contributed by atoms with Gasteiger partial charge in [-0.05, 0) is 70.0 Å². The van der Waals surface area contributed by atoms with Crippen LogP contribution < -0.4 is 0 Å². The molecule has 5 heteroatoms. The second-order valence-electron chi connectivity index (χ2n) is 8.39. The zero-order valence-electron chi connectivity index (χ0n) is 17.8. The molecule has 2 heterocycles. The van der Waals surface area contributed by atoms with Crippen molar-refractivity contribution < 1.29 is 9.18 Å². The normalized spacial score (nSPS) is 18.0. The van der Waals surface area contributed by atoms with Gasteiger partial charge in [-0.1, -0.05) is 24.3 Å². The van der Waals surface area contributed by atoms with Crippen molar-refractivity contribution in [3.05, 3.63) is 59.9 Å². The van der Waals surface area contributed by atoms with Crippen LogP contribution in [0.4, 0.5) is 4.39 Å². The van der Waals surface area contributed by atoms with Crippen molar-refractivity contribution in [1.82, 2.24) is 14.5 Å². The highest BCUT2D eigenvalue weighted by Gasteiger charge is 2.27. The van der Waals surface area contributed by atoms with E-state index < -0.39 is 0 Å². The Hall–Kier alpha value is -2.79. The monoisotopic (exact) mass is 405 g/mol. The Morgan fingerprint density at radius 1 is 1.23 bits per heavy atom. The molecule has 0 aliphatic carbocycles. The first kappa shape index (κ1) is 20.5. The highest BCUT2D eigenvalue weighted by molar-refractivity contribution is 5.91. The molecule has 156 valence electrons. The number of hydrogen-bond acceptors (Lipinski definition) is 3. The maximum absolute atomic E-state index is 13.9. The summed E-state index contributed by atoms with van der Waals surface area (Å²) in [6.07, 6.45) is 5.59. The van der Waals surface area contributed by atoms with Crippen molar-refractivity contribution in [3.8, 4) is 11.4 Å². The summed E-state index contributed by atoms with van der Waals surface area (Å²) in [4.78, 5) is 18.7. The number of fused-ring (bicyclic) bond motifs is 1. The minimum absolute atomic E-state index is 0.0131. The van der Waals surface area contributed by atoms with E-state index in [2.05, 4.69) is 23.3 Å². The molecule has 2 aromatic carbocycles. The van der Waals surface area contributed by atoms with Crippen LogP contribution in [-0.2, 0) is 4.79 Å². The number of carbonyl (C=O) groups is 1. The fourth-order valence-corrected chi connectivity index (χ4v) is 4.30. The Morgan fingerprint density at radius 3 is 2.83 bits per heavy atom. The van der Waals surface area contributed by atoms with Gasteiger partial charge in [-0.15, -0.1) is 0 Å². The highest BCUT2D eigenvalue weighted by Crippen LogP contribution is 2.33. The Bertz CT molecular complexity index is 1100.